The van der Waals surface area contributed by atoms with Crippen molar-refractivity contribution < 1.29 is 23.8 Å². The van der Waals surface area contributed by atoms with Crippen molar-refractivity contribution in [1.29, 1.82) is 0 Å². The molecule has 1 aliphatic heterocycles. The molecule has 1 atom stereocenters. The second kappa shape index (κ2) is 8.59. The van der Waals surface area contributed by atoms with Gasteiger partial charge in [0.05, 0.1) is 30.8 Å². The standard InChI is InChI=1S/C25H22FNO4S/c1-14-11-15(2)24(31-3)18(12-14)22(28)20-21(17-8-4-5-9-19(17)26)27(25(30)23(20)29)13-16-7-6-10-32-16/h4-12,21,28H,13H2,1-3H3/b22-20+. The van der Waals surface area contributed by atoms with Crippen LogP contribution in [-0.4, -0.2) is 28.8 Å². The van der Waals surface area contributed by atoms with Gasteiger partial charge in [-0.1, -0.05) is 30.3 Å². The molecule has 2 aromatic carbocycles. The van der Waals surface area contributed by atoms with Crippen LogP contribution in [0.5, 0.6) is 5.75 Å². The quantitative estimate of drug-likeness (QED) is 0.332. The number of amides is 1. The molecule has 32 heavy (non-hydrogen) atoms. The SMILES string of the molecule is COc1c(C)cc(C)cc1/C(O)=C1\C(=O)C(=O)N(Cc2cccs2)C1c1ccccc1F. The minimum Gasteiger partial charge on any atom is -0.507 e. The van der Waals surface area contributed by atoms with Gasteiger partial charge in [0.2, 0.25) is 0 Å². The van der Waals surface area contributed by atoms with Gasteiger partial charge in [0.15, 0.2) is 0 Å². The summed E-state index contributed by atoms with van der Waals surface area (Å²) < 4.78 is 20.4. The third-order valence-electron chi connectivity index (χ3n) is 5.52. The molecule has 1 saturated heterocycles. The molecule has 7 heteroatoms. The van der Waals surface area contributed by atoms with Gasteiger partial charge in [-0.2, -0.15) is 0 Å². The number of ketones is 1. The Morgan fingerprint density at radius 2 is 1.91 bits per heavy atom. The molecule has 3 aromatic rings. The van der Waals surface area contributed by atoms with Crippen molar-refractivity contribution >= 4 is 28.8 Å². The van der Waals surface area contributed by atoms with Crippen molar-refractivity contribution in [2.24, 2.45) is 0 Å². The van der Waals surface area contributed by atoms with E-state index in [4.69, 9.17) is 4.74 Å². The van der Waals surface area contributed by atoms with E-state index in [1.807, 2.05) is 37.4 Å². The van der Waals surface area contributed by atoms with Crippen molar-refractivity contribution in [2.75, 3.05) is 7.11 Å². The van der Waals surface area contributed by atoms with E-state index in [1.54, 1.807) is 12.1 Å². The van der Waals surface area contributed by atoms with Gasteiger partial charge in [-0.15, -0.1) is 11.3 Å². The lowest BCUT2D eigenvalue weighted by atomic mass is 9.93. The van der Waals surface area contributed by atoms with Gasteiger partial charge in [-0.25, -0.2) is 4.39 Å². The summed E-state index contributed by atoms with van der Waals surface area (Å²) in [5, 5.41) is 13.2. The summed E-state index contributed by atoms with van der Waals surface area (Å²) in [5.74, 6) is -2.18. The average molecular weight is 452 g/mol. The second-order valence-electron chi connectivity index (χ2n) is 7.69. The first-order valence-corrected chi connectivity index (χ1v) is 10.9. The highest BCUT2D eigenvalue weighted by Gasteiger charge is 2.47. The summed E-state index contributed by atoms with van der Waals surface area (Å²) in [4.78, 5) is 28.4. The molecule has 1 fully saturated rings. The second-order valence-corrected chi connectivity index (χ2v) is 8.72. The maximum atomic E-state index is 14.9. The van der Waals surface area contributed by atoms with Crippen LogP contribution in [0.4, 0.5) is 4.39 Å². The number of thiophene rings is 1. The Bertz CT molecular complexity index is 1230. The molecule has 4 rings (SSSR count). The van der Waals surface area contributed by atoms with E-state index >= 15 is 0 Å². The summed E-state index contributed by atoms with van der Waals surface area (Å²) >= 11 is 1.43. The first-order chi connectivity index (χ1) is 15.3. The van der Waals surface area contributed by atoms with Gasteiger partial charge in [0, 0.05) is 10.4 Å². The number of carbonyl (C=O) groups excluding carboxylic acids is 2. The summed E-state index contributed by atoms with van der Waals surface area (Å²) in [6.45, 7) is 3.81. The van der Waals surface area contributed by atoms with Crippen LogP contribution < -0.4 is 4.74 Å². The third-order valence-corrected chi connectivity index (χ3v) is 6.39. The van der Waals surface area contributed by atoms with Crippen molar-refractivity contribution in [3.8, 4) is 5.75 Å². The Labute approximate surface area is 189 Å². The fourth-order valence-corrected chi connectivity index (χ4v) is 4.88. The predicted molar refractivity (Wildman–Crippen MR) is 121 cm³/mol. The maximum absolute atomic E-state index is 14.9. The van der Waals surface area contributed by atoms with E-state index in [0.717, 1.165) is 16.0 Å². The lowest BCUT2D eigenvalue weighted by Gasteiger charge is -2.25. The molecular weight excluding hydrogens is 429 g/mol. The van der Waals surface area contributed by atoms with Gasteiger partial charge in [0.1, 0.15) is 17.3 Å². The minimum absolute atomic E-state index is 0.127. The van der Waals surface area contributed by atoms with E-state index in [2.05, 4.69) is 0 Å². The van der Waals surface area contributed by atoms with Gasteiger partial charge in [-0.3, -0.25) is 9.59 Å². The maximum Gasteiger partial charge on any atom is 0.295 e. The van der Waals surface area contributed by atoms with Crippen LogP contribution >= 0.6 is 11.3 Å². The van der Waals surface area contributed by atoms with Crippen LogP contribution in [0.25, 0.3) is 5.76 Å². The highest BCUT2D eigenvalue weighted by atomic mass is 32.1. The van der Waals surface area contributed by atoms with Crippen LogP contribution in [0.15, 0.2) is 59.5 Å². The molecule has 0 radical (unpaired) electrons. The summed E-state index contributed by atoms with van der Waals surface area (Å²) in [7, 11) is 1.47. The van der Waals surface area contributed by atoms with Gasteiger partial charge < -0.3 is 14.7 Å². The molecule has 0 spiro atoms. The lowest BCUT2D eigenvalue weighted by Crippen LogP contribution is -2.29. The number of Topliss-reactive ketones (excluding diaryl/α,β-unsaturated/α-hetero) is 1. The van der Waals surface area contributed by atoms with Crippen LogP contribution in [0.2, 0.25) is 0 Å². The molecule has 1 unspecified atom stereocenters. The number of rotatable bonds is 5. The number of benzene rings is 2. The van der Waals surface area contributed by atoms with E-state index in [-0.39, 0.29) is 23.4 Å². The molecule has 5 nitrogen and oxygen atoms in total. The minimum atomic E-state index is -1.07. The van der Waals surface area contributed by atoms with Gasteiger partial charge >= 0.3 is 0 Å². The Morgan fingerprint density at radius 3 is 2.56 bits per heavy atom. The smallest absolute Gasteiger partial charge is 0.295 e. The number of ether oxygens (including phenoxy) is 1. The topological polar surface area (TPSA) is 66.8 Å². The predicted octanol–water partition coefficient (Wildman–Crippen LogP) is 5.13. The monoisotopic (exact) mass is 451 g/mol. The number of aliphatic hydroxyl groups excluding tert-OH is 1. The zero-order valence-corrected chi connectivity index (χ0v) is 18.7. The lowest BCUT2D eigenvalue weighted by molar-refractivity contribution is -0.140. The fourth-order valence-electron chi connectivity index (χ4n) is 4.18. The molecule has 1 N–H and O–H groups in total. The van der Waals surface area contributed by atoms with Crippen LogP contribution in [0.3, 0.4) is 0 Å². The normalized spacial score (nSPS) is 17.8. The Kier molecular flexibility index (Phi) is 5.84. The van der Waals surface area contributed by atoms with E-state index in [0.29, 0.717) is 11.3 Å². The van der Waals surface area contributed by atoms with Crippen molar-refractivity contribution in [2.45, 2.75) is 26.4 Å². The zero-order chi connectivity index (χ0) is 23.0. The number of carbonyl (C=O) groups is 2. The Hall–Kier alpha value is -3.45. The number of hydrogen-bond acceptors (Lipinski definition) is 5. The molecule has 1 aromatic heterocycles. The highest BCUT2D eigenvalue weighted by molar-refractivity contribution is 7.09. The van der Waals surface area contributed by atoms with Gasteiger partial charge in [0.25, 0.3) is 11.7 Å². The summed E-state index contributed by atoms with van der Waals surface area (Å²) in [5.41, 5.74) is 1.90. The molecule has 0 aliphatic carbocycles. The molecule has 0 saturated carbocycles. The summed E-state index contributed by atoms with van der Waals surface area (Å²) in [6.07, 6.45) is 0. The van der Waals surface area contributed by atoms with E-state index < -0.39 is 23.5 Å². The highest BCUT2D eigenvalue weighted by Crippen LogP contribution is 2.43. The average Bonchev–Trinajstić information content (AvgIpc) is 3.36. The zero-order valence-electron chi connectivity index (χ0n) is 17.9. The van der Waals surface area contributed by atoms with Crippen LogP contribution in [-0.2, 0) is 16.1 Å². The Morgan fingerprint density at radius 1 is 1.16 bits per heavy atom. The number of hydrogen-bond donors (Lipinski definition) is 1. The first-order valence-electron chi connectivity index (χ1n) is 10.0. The van der Waals surface area contributed by atoms with Crippen molar-refractivity contribution in [3.05, 3.63) is 92.4 Å². The number of aliphatic hydroxyl groups is 1. The molecule has 1 aliphatic rings. The van der Waals surface area contributed by atoms with E-state index in [9.17, 15) is 19.1 Å². The number of methoxy groups -OCH3 is 1. The fraction of sp³-hybridized carbons (Fsp3) is 0.200. The van der Waals surface area contributed by atoms with Gasteiger partial charge in [-0.05, 0) is 48.6 Å². The van der Waals surface area contributed by atoms with Crippen LogP contribution in [0, 0.1) is 19.7 Å². The number of aryl methyl sites for hydroxylation is 2. The molecular formula is C25H22FNO4S. The molecule has 164 valence electrons. The van der Waals surface area contributed by atoms with Crippen LogP contribution in [0.1, 0.15) is 33.2 Å². The Balaban J connectivity index is 1.96. The molecule has 1 amide bonds. The van der Waals surface area contributed by atoms with Crippen molar-refractivity contribution in [3.63, 3.8) is 0 Å². The number of likely N-dealkylation sites (tertiary alicyclic amines) is 1. The van der Waals surface area contributed by atoms with Crippen molar-refractivity contribution in [1.82, 2.24) is 4.90 Å². The molecule has 2 heterocycles. The molecule has 0 bridgehead atoms. The number of nitrogens with zero attached hydrogens (tertiary/aromatic N) is 1. The summed E-state index contributed by atoms with van der Waals surface area (Å²) in [6, 6.07) is 12.2. The first kappa shape index (κ1) is 21.8. The number of halogens is 1. The third kappa shape index (κ3) is 3.69. The largest absolute Gasteiger partial charge is 0.507 e. The van der Waals surface area contributed by atoms with E-state index in [1.165, 1.54) is 41.5 Å².